The van der Waals surface area contributed by atoms with Crippen LogP contribution in [0.2, 0.25) is 0 Å². The molecule has 0 unspecified atom stereocenters. The van der Waals surface area contributed by atoms with Crippen LogP contribution in [0.5, 0.6) is 0 Å². The molecule has 0 aliphatic carbocycles. The number of piperazine rings is 1. The van der Waals surface area contributed by atoms with Gasteiger partial charge in [-0.2, -0.15) is 0 Å². The van der Waals surface area contributed by atoms with Crippen LogP contribution >= 0.6 is 0 Å². The molecule has 7 nitrogen and oxygen atoms in total. The van der Waals surface area contributed by atoms with Crippen LogP contribution in [0.15, 0.2) is 24.3 Å². The van der Waals surface area contributed by atoms with Crippen LogP contribution in [0.3, 0.4) is 0 Å². The van der Waals surface area contributed by atoms with E-state index in [2.05, 4.69) is 5.32 Å². The molecule has 19 heavy (non-hydrogen) atoms. The van der Waals surface area contributed by atoms with E-state index in [1.165, 1.54) is 22.5 Å². The lowest BCUT2D eigenvalue weighted by Crippen LogP contribution is -2.50. The van der Waals surface area contributed by atoms with Crippen molar-refractivity contribution in [3.63, 3.8) is 0 Å². The van der Waals surface area contributed by atoms with E-state index in [0.717, 1.165) is 5.56 Å². The summed E-state index contributed by atoms with van der Waals surface area (Å²) in [4.78, 5) is 35.4. The van der Waals surface area contributed by atoms with Crippen molar-refractivity contribution in [3.8, 4) is 0 Å². The maximum atomic E-state index is 11.6. The number of rotatable bonds is 3. The highest BCUT2D eigenvalue weighted by Gasteiger charge is 2.22. The van der Waals surface area contributed by atoms with Gasteiger partial charge in [-0.25, -0.2) is 5.48 Å². The van der Waals surface area contributed by atoms with Crippen LogP contribution in [0.1, 0.15) is 15.9 Å². The Balaban J connectivity index is 2.04. The van der Waals surface area contributed by atoms with Gasteiger partial charge in [0, 0.05) is 12.1 Å². The number of benzene rings is 1. The normalized spacial score (nSPS) is 15.1. The van der Waals surface area contributed by atoms with Crippen LogP contribution in [-0.4, -0.2) is 40.9 Å². The third kappa shape index (κ3) is 3.08. The highest BCUT2D eigenvalue weighted by Crippen LogP contribution is 2.09. The number of nitrogens with zero attached hydrogens (tertiary/aromatic N) is 1. The fourth-order valence-corrected chi connectivity index (χ4v) is 1.79. The van der Waals surface area contributed by atoms with Crippen molar-refractivity contribution < 1.29 is 19.6 Å². The van der Waals surface area contributed by atoms with Crippen LogP contribution in [-0.2, 0) is 16.1 Å². The number of carbonyl (C=O) groups excluding carboxylic acids is 3. The zero-order valence-corrected chi connectivity index (χ0v) is 10.0. The minimum atomic E-state index is -0.597. The summed E-state index contributed by atoms with van der Waals surface area (Å²) < 4.78 is 0. The molecule has 1 fully saturated rings. The van der Waals surface area contributed by atoms with E-state index >= 15 is 0 Å². The molecule has 0 atom stereocenters. The van der Waals surface area contributed by atoms with Gasteiger partial charge < -0.3 is 10.2 Å². The Kier molecular flexibility index (Phi) is 3.76. The maximum absolute atomic E-state index is 11.6. The van der Waals surface area contributed by atoms with E-state index in [1.54, 1.807) is 12.1 Å². The van der Waals surface area contributed by atoms with Crippen molar-refractivity contribution in [2.45, 2.75) is 6.54 Å². The number of carbonyl (C=O) groups is 3. The maximum Gasteiger partial charge on any atom is 0.274 e. The monoisotopic (exact) mass is 263 g/mol. The molecule has 1 aromatic rings. The molecule has 1 aliphatic heterocycles. The highest BCUT2D eigenvalue weighted by molar-refractivity contribution is 5.93. The zero-order valence-electron chi connectivity index (χ0n) is 10.0. The van der Waals surface area contributed by atoms with Gasteiger partial charge in [-0.15, -0.1) is 0 Å². The molecule has 1 heterocycles. The minimum Gasteiger partial charge on any atom is -0.345 e. The van der Waals surface area contributed by atoms with Gasteiger partial charge in [0.1, 0.15) is 0 Å². The summed E-state index contributed by atoms with van der Waals surface area (Å²) in [5, 5.41) is 11.0. The lowest BCUT2D eigenvalue weighted by Gasteiger charge is -2.26. The summed E-state index contributed by atoms with van der Waals surface area (Å²) in [5.74, 6) is -0.923. The standard InChI is InChI=1S/C12H13N3O4/c16-10-7-15(11(17)5-13-10)6-8-1-3-9(4-2-8)12(18)14-19/h1-4,19H,5-7H2,(H,13,16)(H,14,18). The number of hydrogen-bond acceptors (Lipinski definition) is 4. The first-order chi connectivity index (χ1) is 9.10. The first-order valence-corrected chi connectivity index (χ1v) is 5.68. The summed E-state index contributed by atoms with van der Waals surface area (Å²) in [7, 11) is 0. The predicted molar refractivity (Wildman–Crippen MR) is 64.1 cm³/mol. The third-order valence-corrected chi connectivity index (χ3v) is 2.82. The molecule has 0 spiro atoms. The molecule has 7 heteroatoms. The largest absolute Gasteiger partial charge is 0.345 e. The average Bonchev–Trinajstić information content (AvgIpc) is 2.43. The second-order valence-corrected chi connectivity index (χ2v) is 4.16. The summed E-state index contributed by atoms with van der Waals surface area (Å²) in [6.45, 7) is 0.370. The molecule has 1 aromatic carbocycles. The van der Waals surface area contributed by atoms with Crippen molar-refractivity contribution >= 4 is 17.7 Å². The van der Waals surface area contributed by atoms with E-state index in [0.29, 0.717) is 12.1 Å². The van der Waals surface area contributed by atoms with Crippen molar-refractivity contribution in [3.05, 3.63) is 35.4 Å². The Bertz CT molecular complexity index is 512. The molecule has 2 rings (SSSR count). The van der Waals surface area contributed by atoms with Crippen molar-refractivity contribution in [2.75, 3.05) is 13.1 Å². The molecular formula is C12H13N3O4. The molecule has 1 saturated heterocycles. The molecule has 1 aliphatic rings. The molecule has 0 aromatic heterocycles. The van der Waals surface area contributed by atoms with Gasteiger partial charge in [-0.05, 0) is 17.7 Å². The van der Waals surface area contributed by atoms with Gasteiger partial charge in [-0.3, -0.25) is 19.6 Å². The van der Waals surface area contributed by atoms with E-state index in [-0.39, 0.29) is 24.9 Å². The minimum absolute atomic E-state index is 0.0177. The molecule has 3 amide bonds. The lowest BCUT2D eigenvalue weighted by molar-refractivity contribution is -0.141. The van der Waals surface area contributed by atoms with E-state index in [4.69, 9.17) is 5.21 Å². The Labute approximate surface area is 109 Å². The Morgan fingerprint density at radius 1 is 1.32 bits per heavy atom. The van der Waals surface area contributed by atoms with Crippen LogP contribution < -0.4 is 10.8 Å². The molecule has 0 radical (unpaired) electrons. The number of hydroxylamine groups is 1. The Hall–Kier alpha value is -2.41. The van der Waals surface area contributed by atoms with Gasteiger partial charge in [0.15, 0.2) is 0 Å². The SMILES string of the molecule is O=C1CN(Cc2ccc(C(=O)NO)cc2)C(=O)CN1. The van der Waals surface area contributed by atoms with Crippen molar-refractivity contribution in [1.29, 1.82) is 0 Å². The molecule has 0 saturated carbocycles. The van der Waals surface area contributed by atoms with Gasteiger partial charge in [0.25, 0.3) is 5.91 Å². The lowest BCUT2D eigenvalue weighted by atomic mass is 10.1. The number of amides is 3. The predicted octanol–water partition coefficient (Wildman–Crippen LogP) is -0.736. The average molecular weight is 263 g/mol. The Morgan fingerprint density at radius 3 is 2.63 bits per heavy atom. The van der Waals surface area contributed by atoms with Gasteiger partial charge in [0.2, 0.25) is 11.8 Å². The van der Waals surface area contributed by atoms with E-state index < -0.39 is 5.91 Å². The smallest absolute Gasteiger partial charge is 0.274 e. The molecule has 3 N–H and O–H groups in total. The van der Waals surface area contributed by atoms with Crippen molar-refractivity contribution in [1.82, 2.24) is 15.7 Å². The van der Waals surface area contributed by atoms with Crippen LogP contribution in [0.25, 0.3) is 0 Å². The number of nitrogens with one attached hydrogen (secondary N) is 2. The quantitative estimate of drug-likeness (QED) is 0.494. The highest BCUT2D eigenvalue weighted by atomic mass is 16.5. The topological polar surface area (TPSA) is 98.7 Å². The third-order valence-electron chi connectivity index (χ3n) is 2.82. The fourth-order valence-electron chi connectivity index (χ4n) is 1.79. The summed E-state index contributed by atoms with van der Waals surface area (Å²) in [6.07, 6.45) is 0. The van der Waals surface area contributed by atoms with Gasteiger partial charge in [-0.1, -0.05) is 12.1 Å². The Morgan fingerprint density at radius 2 is 2.00 bits per heavy atom. The summed E-state index contributed by atoms with van der Waals surface area (Å²) in [5.41, 5.74) is 2.66. The fraction of sp³-hybridized carbons (Fsp3) is 0.250. The summed E-state index contributed by atoms with van der Waals surface area (Å²) >= 11 is 0. The van der Waals surface area contributed by atoms with Crippen LogP contribution in [0, 0.1) is 0 Å². The first-order valence-electron chi connectivity index (χ1n) is 5.68. The van der Waals surface area contributed by atoms with Crippen molar-refractivity contribution in [2.24, 2.45) is 0 Å². The van der Waals surface area contributed by atoms with E-state index in [9.17, 15) is 14.4 Å². The van der Waals surface area contributed by atoms with Gasteiger partial charge in [0.05, 0.1) is 13.1 Å². The number of hydrogen-bond donors (Lipinski definition) is 3. The van der Waals surface area contributed by atoms with E-state index in [1.807, 2.05) is 0 Å². The summed E-state index contributed by atoms with van der Waals surface area (Å²) in [6, 6.07) is 6.42. The molecule has 0 bridgehead atoms. The molecule has 100 valence electrons. The van der Waals surface area contributed by atoms with Crippen LogP contribution in [0.4, 0.5) is 0 Å². The zero-order chi connectivity index (χ0) is 13.8. The second-order valence-electron chi connectivity index (χ2n) is 4.16. The molecular weight excluding hydrogens is 250 g/mol. The van der Waals surface area contributed by atoms with Gasteiger partial charge >= 0.3 is 0 Å². The second kappa shape index (κ2) is 5.49. The first kappa shape index (κ1) is 13.0.